The molecule has 6 nitrogen and oxygen atoms in total. The Labute approximate surface area is 185 Å². The van der Waals surface area contributed by atoms with Gasteiger partial charge in [0.15, 0.2) is 17.3 Å². The van der Waals surface area contributed by atoms with E-state index in [9.17, 15) is 35.6 Å². The second-order valence-electron chi connectivity index (χ2n) is 6.96. The van der Waals surface area contributed by atoms with Gasteiger partial charge < -0.3 is 9.94 Å². The van der Waals surface area contributed by atoms with Gasteiger partial charge in [0.05, 0.1) is 5.75 Å². The zero-order valence-electron chi connectivity index (χ0n) is 17.2. The van der Waals surface area contributed by atoms with Gasteiger partial charge in [-0.2, -0.15) is 17.9 Å². The van der Waals surface area contributed by atoms with Gasteiger partial charge in [0.1, 0.15) is 11.6 Å². The van der Waals surface area contributed by atoms with Crippen molar-refractivity contribution in [2.24, 2.45) is 0 Å². The van der Waals surface area contributed by atoms with Crippen molar-refractivity contribution in [3.8, 4) is 22.6 Å². The lowest BCUT2D eigenvalue weighted by Crippen LogP contribution is -2.39. The molecule has 0 aliphatic heterocycles. The van der Waals surface area contributed by atoms with E-state index in [1.54, 1.807) is 0 Å². The van der Waals surface area contributed by atoms with E-state index < -0.39 is 39.3 Å². The van der Waals surface area contributed by atoms with Crippen LogP contribution in [0.2, 0.25) is 0 Å². The van der Waals surface area contributed by atoms with Gasteiger partial charge in [-0.25, -0.2) is 17.2 Å². The molecule has 12 heteroatoms. The van der Waals surface area contributed by atoms with E-state index in [4.69, 9.17) is 4.74 Å². The molecule has 0 saturated carbocycles. The molecule has 176 valence electrons. The van der Waals surface area contributed by atoms with Crippen LogP contribution in [0.3, 0.4) is 0 Å². The van der Waals surface area contributed by atoms with E-state index in [1.165, 1.54) is 25.1 Å². The predicted molar refractivity (Wildman–Crippen MR) is 110 cm³/mol. The number of alkyl halides is 3. The summed E-state index contributed by atoms with van der Waals surface area (Å²) in [7, 11) is -3.73. The van der Waals surface area contributed by atoms with Crippen molar-refractivity contribution in [2.75, 3.05) is 10.5 Å². The Balaban J connectivity index is 2.21. The third kappa shape index (κ3) is 5.51. The first-order valence-corrected chi connectivity index (χ1v) is 11.0. The van der Waals surface area contributed by atoms with Crippen molar-refractivity contribution in [3.05, 3.63) is 76.8 Å². The maximum absolute atomic E-state index is 14.1. The molecule has 0 spiro atoms. The molecule has 1 heterocycles. The molecular formula is C21H17F5N2O4S. The minimum absolute atomic E-state index is 0.00356. The summed E-state index contributed by atoms with van der Waals surface area (Å²) in [6.07, 6.45) is -4.98. The number of aromatic nitrogens is 1. The van der Waals surface area contributed by atoms with Crippen molar-refractivity contribution in [1.82, 2.24) is 0 Å². The fraction of sp³-hybridized carbons (Fsp3) is 0.190. The molecule has 1 N–H and O–H groups in total. The number of hydrogen-bond acceptors (Lipinski definition) is 4. The summed E-state index contributed by atoms with van der Waals surface area (Å²) in [5, 5.41) is 11.9. The molecule has 1 aromatic heterocycles. The number of hydrogen-bond donors (Lipinski definition) is 1. The summed E-state index contributed by atoms with van der Waals surface area (Å²) in [5.41, 5.74) is -2.00. The number of halogens is 5. The van der Waals surface area contributed by atoms with Crippen molar-refractivity contribution in [2.45, 2.75) is 20.0 Å². The molecule has 0 saturated heterocycles. The summed E-state index contributed by atoms with van der Waals surface area (Å²) < 4.78 is 98.8. The van der Waals surface area contributed by atoms with Crippen LogP contribution < -0.4 is 14.2 Å². The topological polar surface area (TPSA) is 82.3 Å². The van der Waals surface area contributed by atoms with Crippen LogP contribution in [0.25, 0.3) is 11.1 Å². The molecule has 33 heavy (non-hydrogen) atoms. The third-order valence-corrected chi connectivity index (χ3v) is 5.85. The van der Waals surface area contributed by atoms with Crippen LogP contribution in [0.15, 0.2) is 48.5 Å². The zero-order chi connectivity index (χ0) is 24.6. The molecule has 0 atom stereocenters. The van der Waals surface area contributed by atoms with Crippen LogP contribution in [0.1, 0.15) is 18.3 Å². The lowest BCUT2D eigenvalue weighted by Gasteiger charge is -2.16. The Morgan fingerprint density at radius 2 is 1.70 bits per heavy atom. The number of nitrogens with zero attached hydrogens (tertiary/aromatic N) is 1. The maximum atomic E-state index is 14.1. The molecule has 3 aromatic rings. The quantitative estimate of drug-likeness (QED) is 0.296. The summed E-state index contributed by atoms with van der Waals surface area (Å²) >= 11 is 0. The summed E-state index contributed by atoms with van der Waals surface area (Å²) in [4.78, 5) is 0. The van der Waals surface area contributed by atoms with E-state index in [1.807, 2.05) is 0 Å². The van der Waals surface area contributed by atoms with Gasteiger partial charge in [0, 0.05) is 36.4 Å². The van der Waals surface area contributed by atoms with Crippen LogP contribution in [-0.4, -0.2) is 14.2 Å². The van der Waals surface area contributed by atoms with Gasteiger partial charge in [-0.1, -0.05) is 0 Å². The van der Waals surface area contributed by atoms with Gasteiger partial charge in [0.25, 0.3) is 5.69 Å². The SMILES string of the molecule is CCS(=O)(=O)Nc1ccc(Oc2ccc(F)cc2F)c(-c2cc(C)[n+]([O-])c(C(F)(F)F)c2)c1. The van der Waals surface area contributed by atoms with Crippen LogP contribution in [0.4, 0.5) is 27.6 Å². The Hall–Kier alpha value is -3.41. The van der Waals surface area contributed by atoms with E-state index in [0.717, 1.165) is 25.1 Å². The molecular weight excluding hydrogens is 471 g/mol. The van der Waals surface area contributed by atoms with Gasteiger partial charge in [-0.3, -0.25) is 4.72 Å². The van der Waals surface area contributed by atoms with Crippen LogP contribution in [-0.2, 0) is 16.2 Å². The molecule has 0 aliphatic carbocycles. The number of benzene rings is 2. The van der Waals surface area contributed by atoms with Crippen LogP contribution in [0.5, 0.6) is 11.5 Å². The molecule has 3 rings (SSSR count). The van der Waals surface area contributed by atoms with E-state index >= 15 is 0 Å². The van der Waals surface area contributed by atoms with E-state index in [2.05, 4.69) is 4.72 Å². The molecule has 0 radical (unpaired) electrons. The minimum Gasteiger partial charge on any atom is -0.618 e. The highest BCUT2D eigenvalue weighted by Gasteiger charge is 2.41. The molecule has 0 unspecified atom stereocenters. The Kier molecular flexibility index (Phi) is 6.50. The largest absolute Gasteiger partial charge is 0.618 e. The van der Waals surface area contributed by atoms with Gasteiger partial charge in [-0.05, 0) is 42.8 Å². The van der Waals surface area contributed by atoms with Gasteiger partial charge in [0.2, 0.25) is 10.0 Å². The molecule has 0 amide bonds. The van der Waals surface area contributed by atoms with Crippen molar-refractivity contribution in [1.29, 1.82) is 0 Å². The Morgan fingerprint density at radius 1 is 1.03 bits per heavy atom. The molecule has 2 aromatic carbocycles. The number of sulfonamides is 1. The Morgan fingerprint density at radius 3 is 2.30 bits per heavy atom. The summed E-state index contributed by atoms with van der Waals surface area (Å²) in [6, 6.07) is 7.86. The first-order valence-electron chi connectivity index (χ1n) is 9.40. The predicted octanol–water partition coefficient (Wildman–Crippen LogP) is 5.15. The molecule has 0 fully saturated rings. The number of ether oxygens (including phenoxy) is 1. The molecule has 0 bridgehead atoms. The van der Waals surface area contributed by atoms with Crippen molar-refractivity contribution < 1.29 is 39.8 Å². The lowest BCUT2D eigenvalue weighted by molar-refractivity contribution is -0.635. The number of anilines is 1. The normalized spacial score (nSPS) is 12.0. The third-order valence-electron chi connectivity index (χ3n) is 4.54. The van der Waals surface area contributed by atoms with Crippen LogP contribution >= 0.6 is 0 Å². The number of rotatable bonds is 6. The van der Waals surface area contributed by atoms with Crippen LogP contribution in [0, 0.1) is 23.8 Å². The average Bonchev–Trinajstić information content (AvgIpc) is 2.72. The first kappa shape index (κ1) is 24.2. The first-order chi connectivity index (χ1) is 15.3. The van der Waals surface area contributed by atoms with Crippen molar-refractivity contribution in [3.63, 3.8) is 0 Å². The monoisotopic (exact) mass is 488 g/mol. The smallest absolute Gasteiger partial charge is 0.478 e. The number of nitrogens with one attached hydrogen (secondary N) is 1. The summed E-state index contributed by atoms with van der Waals surface area (Å²) in [5.74, 6) is -2.76. The average molecular weight is 488 g/mol. The van der Waals surface area contributed by atoms with E-state index in [-0.39, 0.29) is 38.7 Å². The van der Waals surface area contributed by atoms with Gasteiger partial charge >= 0.3 is 6.18 Å². The summed E-state index contributed by atoms with van der Waals surface area (Å²) in [6.45, 7) is 2.55. The fourth-order valence-corrected chi connectivity index (χ4v) is 3.54. The highest BCUT2D eigenvalue weighted by molar-refractivity contribution is 7.92. The minimum atomic E-state index is -4.98. The fourth-order valence-electron chi connectivity index (χ4n) is 2.91. The lowest BCUT2D eigenvalue weighted by atomic mass is 10.0. The maximum Gasteiger partial charge on any atom is 0.478 e. The number of aryl methyl sites for hydroxylation is 1. The van der Waals surface area contributed by atoms with E-state index in [0.29, 0.717) is 12.1 Å². The van der Waals surface area contributed by atoms with Gasteiger partial charge in [-0.15, -0.1) is 0 Å². The van der Waals surface area contributed by atoms with Crippen molar-refractivity contribution >= 4 is 15.7 Å². The standard InChI is InChI=1S/C21H17F5N2O4S/c1-3-33(30,31)27-15-5-7-18(32-19-6-4-14(22)10-17(19)23)16(11-15)13-8-12(2)28(29)20(9-13)21(24,25)26/h4-11,27H,3H2,1-2H3. The Bertz CT molecular complexity index is 1310. The highest BCUT2D eigenvalue weighted by Crippen LogP contribution is 2.38. The zero-order valence-corrected chi connectivity index (χ0v) is 18.0. The second-order valence-corrected chi connectivity index (χ2v) is 8.97. The second kappa shape index (κ2) is 8.85. The molecule has 0 aliphatic rings. The number of pyridine rings is 1. The highest BCUT2D eigenvalue weighted by atomic mass is 32.2.